The van der Waals surface area contributed by atoms with Gasteiger partial charge in [0, 0.05) is 6.54 Å². The van der Waals surface area contributed by atoms with E-state index in [1.807, 2.05) is 44.2 Å². The summed E-state index contributed by atoms with van der Waals surface area (Å²) in [4.78, 5) is 23.2. The predicted molar refractivity (Wildman–Crippen MR) is 94.9 cm³/mol. The molecule has 1 aromatic rings. The maximum atomic E-state index is 11.6. The smallest absolute Gasteiger partial charge is 0.407 e. The van der Waals surface area contributed by atoms with Gasteiger partial charge in [-0.2, -0.15) is 0 Å². The Morgan fingerprint density at radius 1 is 1.25 bits per heavy atom. The fourth-order valence-corrected chi connectivity index (χ4v) is 1.77. The molecule has 3 N–H and O–H groups in total. The Morgan fingerprint density at radius 3 is 2.54 bits per heavy atom. The normalized spacial score (nSPS) is 12.5. The van der Waals surface area contributed by atoms with Crippen LogP contribution in [0.5, 0.6) is 0 Å². The van der Waals surface area contributed by atoms with E-state index in [1.54, 1.807) is 0 Å². The van der Waals surface area contributed by atoms with Crippen LogP contribution in [0.4, 0.5) is 4.79 Å². The third-order valence-corrected chi connectivity index (χ3v) is 3.37. The Hall–Kier alpha value is -1.79. The fraction of sp³-hybridized carbons (Fsp3) is 0.529. The van der Waals surface area contributed by atoms with Crippen molar-refractivity contribution < 1.29 is 19.1 Å². The topological polar surface area (TPSA) is 90.6 Å². The summed E-state index contributed by atoms with van der Waals surface area (Å²) < 4.78 is 10.2. The van der Waals surface area contributed by atoms with Crippen molar-refractivity contribution in [1.29, 1.82) is 0 Å². The number of carbonyl (C=O) groups is 2. The van der Waals surface area contributed by atoms with E-state index in [1.165, 1.54) is 0 Å². The van der Waals surface area contributed by atoms with E-state index in [-0.39, 0.29) is 25.1 Å². The molecule has 0 saturated carbocycles. The molecule has 0 aliphatic carbocycles. The minimum absolute atomic E-state index is 0. The zero-order valence-corrected chi connectivity index (χ0v) is 15.0. The molecule has 0 fully saturated rings. The van der Waals surface area contributed by atoms with Crippen LogP contribution in [0.25, 0.3) is 0 Å². The van der Waals surface area contributed by atoms with E-state index in [0.29, 0.717) is 19.4 Å². The summed E-state index contributed by atoms with van der Waals surface area (Å²) in [6.45, 7) is 4.40. The highest BCUT2D eigenvalue weighted by Gasteiger charge is 2.16. The molecule has 24 heavy (non-hydrogen) atoms. The number of halogens is 1. The van der Waals surface area contributed by atoms with Crippen LogP contribution in [0, 0.1) is 0 Å². The van der Waals surface area contributed by atoms with Gasteiger partial charge in [-0.05, 0) is 31.7 Å². The number of nitrogens with two attached hydrogens (primary N) is 1. The van der Waals surface area contributed by atoms with Gasteiger partial charge in [-0.15, -0.1) is 12.4 Å². The molecule has 0 radical (unpaired) electrons. The second-order valence-electron chi connectivity index (χ2n) is 5.39. The van der Waals surface area contributed by atoms with E-state index in [0.717, 1.165) is 12.0 Å². The molecule has 0 saturated heterocycles. The molecule has 2 atom stereocenters. The van der Waals surface area contributed by atoms with Crippen LogP contribution in [0.15, 0.2) is 30.3 Å². The van der Waals surface area contributed by atoms with Crippen LogP contribution in [0.2, 0.25) is 0 Å². The highest BCUT2D eigenvalue weighted by atomic mass is 35.5. The average molecular weight is 359 g/mol. The molecule has 0 spiro atoms. The van der Waals surface area contributed by atoms with Gasteiger partial charge in [-0.1, -0.05) is 37.3 Å². The summed E-state index contributed by atoms with van der Waals surface area (Å²) in [7, 11) is 0. The molecular weight excluding hydrogens is 332 g/mol. The molecular formula is C17H27ClN2O4. The third kappa shape index (κ3) is 9.37. The average Bonchev–Trinajstić information content (AvgIpc) is 2.57. The molecule has 1 aromatic carbocycles. The molecule has 0 bridgehead atoms. The highest BCUT2D eigenvalue weighted by Crippen LogP contribution is 2.03. The summed E-state index contributed by atoms with van der Waals surface area (Å²) in [5.74, 6) is -0.397. The molecule has 1 unspecified atom stereocenters. The Labute approximate surface area is 149 Å². The number of alkyl carbamates (subject to hydrolysis) is 1. The third-order valence-electron chi connectivity index (χ3n) is 3.37. The van der Waals surface area contributed by atoms with E-state index in [2.05, 4.69) is 5.32 Å². The van der Waals surface area contributed by atoms with E-state index < -0.39 is 18.1 Å². The number of hydrogen-bond donors (Lipinski definition) is 2. The quantitative estimate of drug-likeness (QED) is 0.523. The molecule has 7 heteroatoms. The lowest BCUT2D eigenvalue weighted by Crippen LogP contribution is -2.35. The lowest BCUT2D eigenvalue weighted by molar-refractivity contribution is -0.150. The number of nitrogens with one attached hydrogen (secondary N) is 1. The minimum Gasteiger partial charge on any atom is -0.462 e. The molecule has 1 rings (SSSR count). The van der Waals surface area contributed by atoms with E-state index >= 15 is 0 Å². The van der Waals surface area contributed by atoms with Crippen molar-refractivity contribution in [2.24, 2.45) is 5.73 Å². The molecule has 6 nitrogen and oxygen atoms in total. The summed E-state index contributed by atoms with van der Waals surface area (Å²) in [6, 6.07) is 8.78. The van der Waals surface area contributed by atoms with Crippen LogP contribution >= 0.6 is 12.4 Å². The van der Waals surface area contributed by atoms with Gasteiger partial charge < -0.3 is 20.5 Å². The van der Waals surface area contributed by atoms with Gasteiger partial charge in [0.1, 0.15) is 12.6 Å². The van der Waals surface area contributed by atoms with Gasteiger partial charge in [-0.25, -0.2) is 4.79 Å². The second-order valence-corrected chi connectivity index (χ2v) is 5.39. The lowest BCUT2D eigenvalue weighted by atomic mass is 10.1. The first-order chi connectivity index (χ1) is 11.0. The number of ether oxygens (including phenoxy) is 2. The van der Waals surface area contributed by atoms with E-state index in [4.69, 9.17) is 15.2 Å². The first-order valence-corrected chi connectivity index (χ1v) is 7.93. The monoisotopic (exact) mass is 358 g/mol. The maximum Gasteiger partial charge on any atom is 0.407 e. The number of rotatable bonds is 9. The van der Waals surface area contributed by atoms with Gasteiger partial charge in [-0.3, -0.25) is 4.79 Å². The first kappa shape index (κ1) is 22.2. The molecule has 1 amide bonds. The molecule has 0 heterocycles. The Balaban J connectivity index is 0.00000529. The lowest BCUT2D eigenvalue weighted by Gasteiger charge is -2.15. The van der Waals surface area contributed by atoms with Crippen molar-refractivity contribution in [3.8, 4) is 0 Å². The number of hydrogen-bond acceptors (Lipinski definition) is 5. The summed E-state index contributed by atoms with van der Waals surface area (Å²) in [5, 5.41) is 2.63. The molecule has 0 aromatic heterocycles. The van der Waals surface area contributed by atoms with Crippen molar-refractivity contribution in [3.05, 3.63) is 35.9 Å². The van der Waals surface area contributed by atoms with Gasteiger partial charge >= 0.3 is 12.1 Å². The second kappa shape index (κ2) is 12.6. The molecule has 0 aliphatic heterocycles. The van der Waals surface area contributed by atoms with Crippen molar-refractivity contribution in [2.75, 3.05) is 6.54 Å². The number of amides is 1. The van der Waals surface area contributed by atoms with Crippen LogP contribution in [0.1, 0.15) is 38.7 Å². The van der Waals surface area contributed by atoms with Crippen LogP contribution in [-0.2, 0) is 20.9 Å². The van der Waals surface area contributed by atoms with Gasteiger partial charge in [0.25, 0.3) is 0 Å². The van der Waals surface area contributed by atoms with Crippen LogP contribution in [0.3, 0.4) is 0 Å². The number of esters is 1. The summed E-state index contributed by atoms with van der Waals surface area (Å²) in [5.41, 5.74) is 6.68. The first-order valence-electron chi connectivity index (χ1n) is 7.93. The maximum absolute atomic E-state index is 11.6. The minimum atomic E-state index is -0.661. The fourth-order valence-electron chi connectivity index (χ4n) is 1.77. The van der Waals surface area contributed by atoms with Gasteiger partial charge in [0.2, 0.25) is 0 Å². The zero-order valence-electron chi connectivity index (χ0n) is 14.2. The van der Waals surface area contributed by atoms with Crippen LogP contribution in [-0.4, -0.2) is 30.8 Å². The van der Waals surface area contributed by atoms with Gasteiger partial charge in [0.15, 0.2) is 0 Å². The van der Waals surface area contributed by atoms with Crippen molar-refractivity contribution in [3.63, 3.8) is 0 Å². The van der Waals surface area contributed by atoms with Gasteiger partial charge in [0.05, 0.1) is 6.10 Å². The standard InChI is InChI=1S/C17H26N2O4.ClH/c1-3-13(2)23-16(20)15(18)10-7-11-19-17(21)22-12-14-8-5-4-6-9-14;/h4-6,8-9,13,15H,3,7,10-12,18H2,1-2H3,(H,19,21);1H/t13?,15-;/m0./s1. The van der Waals surface area contributed by atoms with Crippen molar-refractivity contribution in [2.45, 2.75) is 51.9 Å². The zero-order chi connectivity index (χ0) is 17.1. The predicted octanol–water partition coefficient (Wildman–Crippen LogP) is 2.78. The number of benzene rings is 1. The van der Waals surface area contributed by atoms with E-state index in [9.17, 15) is 9.59 Å². The van der Waals surface area contributed by atoms with Crippen molar-refractivity contribution >= 4 is 24.5 Å². The SMILES string of the molecule is CCC(C)OC(=O)[C@@H](N)CCCNC(=O)OCc1ccccc1.Cl. The largest absolute Gasteiger partial charge is 0.462 e. The Kier molecular flexibility index (Phi) is 11.7. The number of carbonyl (C=O) groups excluding carboxylic acids is 2. The molecule has 136 valence electrons. The van der Waals surface area contributed by atoms with Crippen molar-refractivity contribution in [1.82, 2.24) is 5.32 Å². The Morgan fingerprint density at radius 2 is 1.92 bits per heavy atom. The molecule has 0 aliphatic rings. The van der Waals surface area contributed by atoms with Crippen LogP contribution < -0.4 is 11.1 Å². The summed E-state index contributed by atoms with van der Waals surface area (Å²) in [6.07, 6.45) is 1.18. The summed E-state index contributed by atoms with van der Waals surface area (Å²) >= 11 is 0. The highest BCUT2D eigenvalue weighted by molar-refractivity contribution is 5.85. The Bertz CT molecular complexity index is 485.